The third-order valence-corrected chi connectivity index (χ3v) is 6.48. The van der Waals surface area contributed by atoms with Crippen LogP contribution in [0, 0.1) is 12.3 Å². The number of halogens is 1. The van der Waals surface area contributed by atoms with Gasteiger partial charge in [-0.3, -0.25) is 4.79 Å². The first kappa shape index (κ1) is 18.4. The van der Waals surface area contributed by atoms with Crippen LogP contribution in [0.15, 0.2) is 9.59 Å². The molecule has 120 valence electrons. The summed E-state index contributed by atoms with van der Waals surface area (Å²) in [6.07, 6.45) is 0.813. The Morgan fingerprint density at radius 1 is 1.48 bits per heavy atom. The third-order valence-electron chi connectivity index (χ3n) is 3.17. The minimum atomic E-state index is -3.81. The minimum absolute atomic E-state index is 0.0213. The molecular weight excluding hydrogens is 334 g/mol. The molecule has 0 aliphatic heterocycles. The number of hydrogen-bond acceptors (Lipinski definition) is 5. The summed E-state index contributed by atoms with van der Waals surface area (Å²) in [4.78, 5) is 12.2. The summed E-state index contributed by atoms with van der Waals surface area (Å²) < 4.78 is 27.8. The molecule has 0 spiro atoms. The zero-order chi connectivity index (χ0) is 16.3. The summed E-state index contributed by atoms with van der Waals surface area (Å²) in [5, 5.41) is 4.34. The fraction of sp³-hybridized carbons (Fsp3) is 0.615. The number of nitrogens with one attached hydrogen (secondary N) is 1. The Morgan fingerprint density at radius 3 is 2.57 bits per heavy atom. The largest absolute Gasteiger partial charge is 0.385 e. The van der Waals surface area contributed by atoms with Gasteiger partial charge in [0.05, 0.1) is 5.56 Å². The van der Waals surface area contributed by atoms with Crippen molar-refractivity contribution in [2.75, 3.05) is 20.3 Å². The Bertz CT molecular complexity index is 608. The van der Waals surface area contributed by atoms with E-state index in [1.807, 2.05) is 13.8 Å². The summed E-state index contributed by atoms with van der Waals surface area (Å²) in [5.74, 6) is -0.291. The highest BCUT2D eigenvalue weighted by Gasteiger charge is 2.24. The van der Waals surface area contributed by atoms with E-state index in [2.05, 4.69) is 5.32 Å². The Morgan fingerprint density at radius 2 is 2.10 bits per heavy atom. The van der Waals surface area contributed by atoms with Crippen molar-refractivity contribution in [3.05, 3.63) is 16.5 Å². The molecule has 0 saturated carbocycles. The molecule has 1 heterocycles. The number of carbonyl (C=O) groups excluding carboxylic acids is 1. The number of amides is 1. The van der Waals surface area contributed by atoms with E-state index in [1.165, 1.54) is 5.38 Å². The van der Waals surface area contributed by atoms with Gasteiger partial charge in [-0.1, -0.05) is 13.8 Å². The lowest BCUT2D eigenvalue weighted by atomic mass is 9.89. The van der Waals surface area contributed by atoms with Gasteiger partial charge in [0.1, 0.15) is 4.21 Å². The highest BCUT2D eigenvalue weighted by atomic mass is 35.7. The SMILES string of the molecule is COCCC(C)(C)CNC(=O)c1csc(S(=O)(=O)Cl)c1C. The molecule has 1 N–H and O–H groups in total. The second-order valence-electron chi connectivity index (χ2n) is 5.59. The Kier molecular flexibility index (Phi) is 6.22. The fourth-order valence-corrected chi connectivity index (χ4v) is 4.29. The van der Waals surface area contributed by atoms with Crippen LogP contribution in [0.4, 0.5) is 0 Å². The van der Waals surface area contributed by atoms with Gasteiger partial charge in [-0.15, -0.1) is 11.3 Å². The Labute approximate surface area is 134 Å². The molecular formula is C13H20ClNO4S2. The second kappa shape index (κ2) is 7.09. The number of ether oxygens (including phenoxy) is 1. The molecule has 1 aromatic rings. The molecule has 0 unspecified atom stereocenters. The average Bonchev–Trinajstić information content (AvgIpc) is 2.75. The standard InChI is InChI=1S/C13H20ClNO4S2/c1-9-10(7-20-12(9)21(14,17)18)11(16)15-8-13(2,3)5-6-19-4/h7H,5-6,8H2,1-4H3,(H,15,16). The number of rotatable bonds is 7. The van der Waals surface area contributed by atoms with Crippen LogP contribution in [-0.2, 0) is 13.8 Å². The van der Waals surface area contributed by atoms with Crippen LogP contribution in [0.1, 0.15) is 36.2 Å². The van der Waals surface area contributed by atoms with Gasteiger partial charge < -0.3 is 10.1 Å². The molecule has 0 aliphatic rings. The van der Waals surface area contributed by atoms with E-state index in [9.17, 15) is 13.2 Å². The van der Waals surface area contributed by atoms with E-state index < -0.39 is 9.05 Å². The quantitative estimate of drug-likeness (QED) is 0.765. The van der Waals surface area contributed by atoms with Crippen molar-refractivity contribution in [3.8, 4) is 0 Å². The smallest absolute Gasteiger partial charge is 0.271 e. The van der Waals surface area contributed by atoms with Gasteiger partial charge in [-0.05, 0) is 24.3 Å². The summed E-state index contributed by atoms with van der Waals surface area (Å²) in [6, 6.07) is 0. The topological polar surface area (TPSA) is 72.5 Å². The molecule has 0 atom stereocenters. The maximum atomic E-state index is 12.2. The molecule has 0 aliphatic carbocycles. The van der Waals surface area contributed by atoms with E-state index >= 15 is 0 Å². The number of methoxy groups -OCH3 is 1. The Balaban J connectivity index is 2.76. The van der Waals surface area contributed by atoms with Crippen molar-refractivity contribution in [1.82, 2.24) is 5.32 Å². The molecule has 1 rings (SSSR count). The fourth-order valence-electron chi connectivity index (χ4n) is 1.74. The van der Waals surface area contributed by atoms with Gasteiger partial charge in [-0.2, -0.15) is 0 Å². The first-order valence-corrected chi connectivity index (χ1v) is 9.57. The zero-order valence-corrected chi connectivity index (χ0v) is 14.9. The van der Waals surface area contributed by atoms with Crippen LogP contribution >= 0.6 is 22.0 Å². The van der Waals surface area contributed by atoms with E-state index in [4.69, 9.17) is 15.4 Å². The monoisotopic (exact) mass is 353 g/mol. The molecule has 21 heavy (non-hydrogen) atoms. The van der Waals surface area contributed by atoms with Crippen molar-refractivity contribution >= 4 is 37.0 Å². The van der Waals surface area contributed by atoms with Crippen LogP contribution in [0.25, 0.3) is 0 Å². The molecule has 0 radical (unpaired) electrons. The highest BCUT2D eigenvalue weighted by molar-refractivity contribution is 8.15. The van der Waals surface area contributed by atoms with Crippen molar-refractivity contribution in [3.63, 3.8) is 0 Å². The second-order valence-corrected chi connectivity index (χ2v) is 9.23. The van der Waals surface area contributed by atoms with Gasteiger partial charge in [0.2, 0.25) is 0 Å². The highest BCUT2D eigenvalue weighted by Crippen LogP contribution is 2.29. The van der Waals surface area contributed by atoms with Gasteiger partial charge in [-0.25, -0.2) is 8.42 Å². The number of hydrogen-bond donors (Lipinski definition) is 1. The molecule has 1 amide bonds. The van der Waals surface area contributed by atoms with Crippen molar-refractivity contribution in [2.45, 2.75) is 31.4 Å². The average molecular weight is 354 g/mol. The van der Waals surface area contributed by atoms with Crippen molar-refractivity contribution < 1.29 is 17.9 Å². The summed E-state index contributed by atoms with van der Waals surface area (Å²) in [5.41, 5.74) is 0.640. The van der Waals surface area contributed by atoms with Crippen molar-refractivity contribution in [1.29, 1.82) is 0 Å². The molecule has 0 saturated heterocycles. The summed E-state index contributed by atoms with van der Waals surface area (Å²) >= 11 is 0.958. The van der Waals surface area contributed by atoms with Gasteiger partial charge >= 0.3 is 0 Å². The predicted octanol–water partition coefficient (Wildman–Crippen LogP) is 2.78. The van der Waals surface area contributed by atoms with E-state index in [1.54, 1.807) is 14.0 Å². The van der Waals surface area contributed by atoms with Gasteiger partial charge in [0.15, 0.2) is 0 Å². The number of thiophene rings is 1. The number of carbonyl (C=O) groups is 1. The van der Waals surface area contributed by atoms with Crippen LogP contribution in [-0.4, -0.2) is 34.6 Å². The van der Waals surface area contributed by atoms with Gasteiger partial charge in [0.25, 0.3) is 15.0 Å². The molecule has 0 bridgehead atoms. The van der Waals surface area contributed by atoms with Crippen LogP contribution in [0.2, 0.25) is 0 Å². The lowest BCUT2D eigenvalue weighted by Crippen LogP contribution is -2.34. The molecule has 0 aromatic carbocycles. The first-order valence-electron chi connectivity index (χ1n) is 6.38. The normalized spacial score (nSPS) is 12.4. The van der Waals surface area contributed by atoms with E-state index in [0.29, 0.717) is 24.3 Å². The van der Waals surface area contributed by atoms with Crippen molar-refractivity contribution in [2.24, 2.45) is 5.41 Å². The molecule has 8 heteroatoms. The van der Waals surface area contributed by atoms with Crippen LogP contribution in [0.3, 0.4) is 0 Å². The molecule has 0 fully saturated rings. The molecule has 1 aromatic heterocycles. The van der Waals surface area contributed by atoms with E-state index in [-0.39, 0.29) is 15.5 Å². The zero-order valence-electron chi connectivity index (χ0n) is 12.5. The third kappa shape index (κ3) is 5.25. The summed E-state index contributed by atoms with van der Waals surface area (Å²) in [6.45, 7) is 6.74. The van der Waals surface area contributed by atoms with E-state index in [0.717, 1.165) is 17.8 Å². The molecule has 5 nitrogen and oxygen atoms in total. The van der Waals surface area contributed by atoms with Crippen LogP contribution < -0.4 is 5.32 Å². The minimum Gasteiger partial charge on any atom is -0.385 e. The lowest BCUT2D eigenvalue weighted by Gasteiger charge is -2.24. The predicted molar refractivity (Wildman–Crippen MR) is 84.7 cm³/mol. The van der Waals surface area contributed by atoms with Gasteiger partial charge in [0, 0.05) is 36.3 Å². The lowest BCUT2D eigenvalue weighted by molar-refractivity contribution is 0.0920. The maximum Gasteiger partial charge on any atom is 0.271 e. The summed E-state index contributed by atoms with van der Waals surface area (Å²) in [7, 11) is 3.15. The first-order chi connectivity index (χ1) is 9.58. The Hall–Kier alpha value is -0.630. The maximum absolute atomic E-state index is 12.2. The van der Waals surface area contributed by atoms with Crippen LogP contribution in [0.5, 0.6) is 0 Å².